The van der Waals surface area contributed by atoms with Crippen molar-refractivity contribution in [2.75, 3.05) is 0 Å². The molecule has 0 amide bonds. The molecule has 0 heterocycles. The number of nitrogens with two attached hydrogens (primary N) is 1. The largest absolute Gasteiger partial charge is 0.390 e. The number of aliphatic hydroxyl groups is 1. The van der Waals surface area contributed by atoms with E-state index in [4.69, 9.17) is 5.73 Å². The lowest BCUT2D eigenvalue weighted by Gasteiger charge is -2.26. The van der Waals surface area contributed by atoms with Gasteiger partial charge in [0.1, 0.15) is 0 Å². The van der Waals surface area contributed by atoms with E-state index in [0.717, 1.165) is 37.7 Å². The molecule has 1 aromatic rings. The molecule has 96 valence electrons. The van der Waals surface area contributed by atoms with Gasteiger partial charge in [0.25, 0.3) is 0 Å². The molecule has 3 N–H and O–H groups in total. The highest BCUT2D eigenvalue weighted by molar-refractivity contribution is 5.23. The van der Waals surface area contributed by atoms with Crippen molar-refractivity contribution in [1.29, 1.82) is 0 Å². The van der Waals surface area contributed by atoms with Crippen LogP contribution in [0.3, 0.4) is 0 Å². The van der Waals surface area contributed by atoms with Gasteiger partial charge in [-0.1, -0.05) is 44.5 Å². The molecule has 0 spiro atoms. The molecular weight excluding hydrogens is 210 g/mol. The Labute approximate surface area is 105 Å². The molecule has 0 aliphatic rings. The molecule has 0 aliphatic carbocycles. The molecule has 0 saturated heterocycles. The Morgan fingerprint density at radius 2 is 1.88 bits per heavy atom. The van der Waals surface area contributed by atoms with E-state index in [1.807, 2.05) is 12.1 Å². The van der Waals surface area contributed by atoms with Gasteiger partial charge < -0.3 is 10.8 Å². The quantitative estimate of drug-likeness (QED) is 0.763. The molecule has 1 rings (SSSR count). The van der Waals surface area contributed by atoms with Crippen LogP contribution in [0.5, 0.6) is 0 Å². The summed E-state index contributed by atoms with van der Waals surface area (Å²) < 4.78 is 0. The van der Waals surface area contributed by atoms with Crippen molar-refractivity contribution >= 4 is 0 Å². The van der Waals surface area contributed by atoms with Crippen LogP contribution in [-0.4, -0.2) is 10.7 Å². The maximum Gasteiger partial charge on any atom is 0.0648 e. The monoisotopic (exact) mass is 235 g/mol. The molecule has 1 aromatic carbocycles. The van der Waals surface area contributed by atoms with Gasteiger partial charge in [-0.3, -0.25) is 0 Å². The van der Waals surface area contributed by atoms with Gasteiger partial charge in [0, 0.05) is 6.54 Å². The maximum absolute atomic E-state index is 10.4. The Kier molecular flexibility index (Phi) is 5.66. The fourth-order valence-electron chi connectivity index (χ4n) is 2.23. The van der Waals surface area contributed by atoms with Crippen LogP contribution in [0.25, 0.3) is 0 Å². The summed E-state index contributed by atoms with van der Waals surface area (Å²) in [5.74, 6) is 0. The van der Waals surface area contributed by atoms with Crippen molar-refractivity contribution in [3.05, 3.63) is 35.4 Å². The summed E-state index contributed by atoms with van der Waals surface area (Å²) in [6, 6.07) is 8.34. The highest BCUT2D eigenvalue weighted by Gasteiger charge is 2.22. The smallest absolute Gasteiger partial charge is 0.0648 e. The highest BCUT2D eigenvalue weighted by atomic mass is 16.3. The van der Waals surface area contributed by atoms with E-state index in [1.54, 1.807) is 0 Å². The number of aryl methyl sites for hydroxylation is 1. The van der Waals surface area contributed by atoms with Crippen molar-refractivity contribution in [1.82, 2.24) is 0 Å². The predicted molar refractivity (Wildman–Crippen MR) is 72.8 cm³/mol. The molecule has 0 aromatic heterocycles. The van der Waals surface area contributed by atoms with Crippen LogP contribution < -0.4 is 5.73 Å². The number of benzene rings is 1. The maximum atomic E-state index is 10.4. The molecule has 2 heteroatoms. The lowest BCUT2D eigenvalue weighted by atomic mass is 9.88. The summed E-state index contributed by atoms with van der Waals surface area (Å²) in [6.07, 6.45) is 4.52. The highest BCUT2D eigenvalue weighted by Crippen LogP contribution is 2.23. The normalized spacial score (nSPS) is 14.6. The zero-order valence-electron chi connectivity index (χ0n) is 11.1. The van der Waals surface area contributed by atoms with E-state index < -0.39 is 5.60 Å². The van der Waals surface area contributed by atoms with E-state index in [1.165, 1.54) is 5.56 Å². The van der Waals surface area contributed by atoms with Crippen LogP contribution in [0.4, 0.5) is 0 Å². The summed E-state index contributed by atoms with van der Waals surface area (Å²) in [5, 5.41) is 10.4. The molecular formula is C15H25NO. The molecule has 1 unspecified atom stereocenters. The van der Waals surface area contributed by atoms with Gasteiger partial charge in [-0.25, -0.2) is 0 Å². The van der Waals surface area contributed by atoms with Gasteiger partial charge in [0.15, 0.2) is 0 Å². The Morgan fingerprint density at radius 3 is 2.47 bits per heavy atom. The summed E-state index contributed by atoms with van der Waals surface area (Å²) in [4.78, 5) is 0. The molecule has 2 nitrogen and oxygen atoms in total. The third kappa shape index (κ3) is 4.49. The Morgan fingerprint density at radius 1 is 1.18 bits per heavy atom. The van der Waals surface area contributed by atoms with Crippen LogP contribution >= 0.6 is 0 Å². The van der Waals surface area contributed by atoms with Crippen molar-refractivity contribution in [2.24, 2.45) is 5.73 Å². The molecule has 0 radical (unpaired) electrons. The Bertz CT molecular complexity index is 337. The minimum absolute atomic E-state index is 0.493. The summed E-state index contributed by atoms with van der Waals surface area (Å²) >= 11 is 0. The van der Waals surface area contributed by atoms with E-state index in [2.05, 4.69) is 26.0 Å². The van der Waals surface area contributed by atoms with Gasteiger partial charge in [-0.05, 0) is 36.8 Å². The number of hydrogen-bond donors (Lipinski definition) is 2. The molecule has 0 fully saturated rings. The van der Waals surface area contributed by atoms with Gasteiger partial charge in [-0.15, -0.1) is 0 Å². The molecule has 0 aliphatic heterocycles. The van der Waals surface area contributed by atoms with Gasteiger partial charge >= 0.3 is 0 Å². The minimum atomic E-state index is -0.493. The zero-order valence-corrected chi connectivity index (χ0v) is 11.1. The fraction of sp³-hybridized carbons (Fsp3) is 0.600. The van der Waals surface area contributed by atoms with Gasteiger partial charge in [-0.2, -0.15) is 0 Å². The van der Waals surface area contributed by atoms with Crippen LogP contribution in [-0.2, 0) is 13.0 Å². The first-order valence-electron chi connectivity index (χ1n) is 6.64. The van der Waals surface area contributed by atoms with Crippen LogP contribution in [0, 0.1) is 0 Å². The van der Waals surface area contributed by atoms with Gasteiger partial charge in [0.05, 0.1) is 5.60 Å². The zero-order chi connectivity index (χ0) is 12.7. The van der Waals surface area contributed by atoms with E-state index in [-0.39, 0.29) is 0 Å². The number of hydrogen-bond acceptors (Lipinski definition) is 2. The van der Waals surface area contributed by atoms with Crippen molar-refractivity contribution < 1.29 is 5.11 Å². The lowest BCUT2D eigenvalue weighted by Crippen LogP contribution is -2.28. The predicted octanol–water partition coefficient (Wildman–Crippen LogP) is 3.02. The van der Waals surface area contributed by atoms with E-state index in [0.29, 0.717) is 6.54 Å². The lowest BCUT2D eigenvalue weighted by molar-refractivity contribution is 0.0185. The second kappa shape index (κ2) is 6.77. The molecule has 1 atom stereocenters. The first-order chi connectivity index (χ1) is 8.13. The first-order valence-corrected chi connectivity index (χ1v) is 6.64. The average molecular weight is 235 g/mol. The van der Waals surface area contributed by atoms with E-state index >= 15 is 0 Å². The fourth-order valence-corrected chi connectivity index (χ4v) is 2.23. The second-order valence-electron chi connectivity index (χ2n) is 4.85. The van der Waals surface area contributed by atoms with Crippen LogP contribution in [0.1, 0.15) is 50.7 Å². The SMILES string of the molecule is CCCC(O)(CC)CCc1cccc(CN)c1. The van der Waals surface area contributed by atoms with Crippen molar-refractivity contribution in [3.8, 4) is 0 Å². The Balaban J connectivity index is 2.59. The number of rotatable bonds is 7. The third-order valence-corrected chi connectivity index (χ3v) is 3.48. The third-order valence-electron chi connectivity index (χ3n) is 3.48. The molecule has 0 bridgehead atoms. The minimum Gasteiger partial charge on any atom is -0.390 e. The van der Waals surface area contributed by atoms with Crippen molar-refractivity contribution in [2.45, 2.75) is 58.1 Å². The molecule has 17 heavy (non-hydrogen) atoms. The van der Waals surface area contributed by atoms with Crippen molar-refractivity contribution in [3.63, 3.8) is 0 Å². The van der Waals surface area contributed by atoms with E-state index in [9.17, 15) is 5.11 Å². The van der Waals surface area contributed by atoms with Gasteiger partial charge in [0.2, 0.25) is 0 Å². The topological polar surface area (TPSA) is 46.2 Å². The van der Waals surface area contributed by atoms with Crippen LogP contribution in [0.15, 0.2) is 24.3 Å². The summed E-state index contributed by atoms with van der Waals surface area (Å²) in [6.45, 7) is 4.77. The standard InChI is InChI=1S/C15H25NO/c1-3-9-15(17,4-2)10-8-13-6-5-7-14(11-13)12-16/h5-7,11,17H,3-4,8-10,12,16H2,1-2H3. The average Bonchev–Trinajstić information content (AvgIpc) is 2.37. The molecule has 0 saturated carbocycles. The van der Waals surface area contributed by atoms with Crippen LogP contribution in [0.2, 0.25) is 0 Å². The second-order valence-corrected chi connectivity index (χ2v) is 4.85. The summed E-state index contributed by atoms with van der Waals surface area (Å²) in [5.41, 5.74) is 7.57. The Hall–Kier alpha value is -0.860. The summed E-state index contributed by atoms with van der Waals surface area (Å²) in [7, 11) is 0. The first kappa shape index (κ1) is 14.2.